The topological polar surface area (TPSA) is 23.8 Å². The number of nitrogens with zero attached hydrogens (tertiary/aromatic N) is 1. The van der Waals surface area contributed by atoms with Crippen molar-refractivity contribution in [2.45, 2.75) is 0 Å². The van der Waals surface area contributed by atoms with Gasteiger partial charge in [-0.2, -0.15) is 0 Å². The standard InChI is InChI=1S/CN.2Fe.Na.H/c1-2;;;;/q-1;;;+1;-1. The summed E-state index contributed by atoms with van der Waals surface area (Å²) in [4.78, 5) is 0. The minimum absolute atomic E-state index is 0. The van der Waals surface area contributed by atoms with E-state index >= 15 is 0 Å². The summed E-state index contributed by atoms with van der Waals surface area (Å²) in [5, 5.41) is 6.25. The van der Waals surface area contributed by atoms with Gasteiger partial charge in [0.2, 0.25) is 0 Å². The molecule has 0 amide bonds. The molecule has 0 bridgehead atoms. The van der Waals surface area contributed by atoms with Crippen molar-refractivity contribution >= 4 is 0 Å². The molecule has 0 radical (unpaired) electrons. The minimum Gasteiger partial charge on any atom is -1.00 e. The average molecular weight is 162 g/mol. The second kappa shape index (κ2) is 48.5. The van der Waals surface area contributed by atoms with E-state index < -0.39 is 0 Å². The van der Waals surface area contributed by atoms with E-state index in [4.69, 9.17) is 11.8 Å². The van der Waals surface area contributed by atoms with Crippen LogP contribution in [0.25, 0.3) is 0 Å². The SMILES string of the molecule is [C-]#N.[Fe].[Fe].[H-].[Na+]. The average Bonchev–Trinajstić information content (AvgIpc) is 1.00. The van der Waals surface area contributed by atoms with Gasteiger partial charge in [0.25, 0.3) is 0 Å². The molecule has 0 aliphatic heterocycles. The van der Waals surface area contributed by atoms with Crippen molar-refractivity contribution < 1.29 is 65.1 Å². The largest absolute Gasteiger partial charge is 1.00 e. The fourth-order valence-electron chi connectivity index (χ4n) is 0. The Labute approximate surface area is 76.2 Å². The normalized spacial score (nSPS) is 0.400. The molecule has 4 heteroatoms. The molecule has 0 heterocycles. The van der Waals surface area contributed by atoms with Crippen molar-refractivity contribution in [3.8, 4) is 0 Å². The smallest absolute Gasteiger partial charge is 1.00 e. The van der Waals surface area contributed by atoms with E-state index in [1.54, 1.807) is 0 Å². The van der Waals surface area contributed by atoms with E-state index in [0.717, 1.165) is 0 Å². The molecule has 0 aliphatic rings. The fourth-order valence-corrected chi connectivity index (χ4v) is 0. The van der Waals surface area contributed by atoms with Gasteiger partial charge in [-0.15, -0.1) is 0 Å². The van der Waals surface area contributed by atoms with E-state index in [2.05, 4.69) is 0 Å². The van der Waals surface area contributed by atoms with Gasteiger partial charge in [0.05, 0.1) is 0 Å². The maximum atomic E-state index is 6.25. The van der Waals surface area contributed by atoms with Crippen LogP contribution in [-0.2, 0) is 34.1 Å². The molecule has 0 saturated heterocycles. The predicted octanol–water partition coefficient (Wildman–Crippen LogP) is -2.79. The summed E-state index contributed by atoms with van der Waals surface area (Å²) in [6, 6.07) is 0. The van der Waals surface area contributed by atoms with Gasteiger partial charge in [0.15, 0.2) is 0 Å². The first-order valence-corrected chi connectivity index (χ1v) is 0.224. The molecule has 0 aromatic heterocycles. The molecule has 0 rings (SSSR count). The maximum absolute atomic E-state index is 6.25. The summed E-state index contributed by atoms with van der Waals surface area (Å²) >= 11 is 0. The van der Waals surface area contributed by atoms with E-state index in [1.165, 1.54) is 0 Å². The predicted molar refractivity (Wildman–Crippen MR) is 6.08 cm³/mol. The molecule has 0 spiro atoms. The van der Waals surface area contributed by atoms with E-state index in [-0.39, 0.29) is 65.1 Å². The molecule has 28 valence electrons. The van der Waals surface area contributed by atoms with Gasteiger partial charge in [-0.05, 0) is 0 Å². The monoisotopic (exact) mass is 162 g/mol. The molecule has 0 unspecified atom stereocenters. The van der Waals surface area contributed by atoms with Gasteiger partial charge in [-0.25, -0.2) is 0 Å². The number of hydrogen-bond donors (Lipinski definition) is 0. The molecule has 0 saturated carbocycles. The van der Waals surface area contributed by atoms with Crippen molar-refractivity contribution in [1.29, 1.82) is 5.26 Å². The minimum atomic E-state index is 0. The van der Waals surface area contributed by atoms with Crippen LogP contribution in [0, 0.1) is 11.8 Å². The van der Waals surface area contributed by atoms with Gasteiger partial charge in [-0.3, -0.25) is 0 Å². The summed E-state index contributed by atoms with van der Waals surface area (Å²) < 4.78 is 0. The third-order valence-electron chi connectivity index (χ3n) is 0. The Balaban J connectivity index is -0.000000000833. The summed E-state index contributed by atoms with van der Waals surface area (Å²) in [6.07, 6.45) is 0. The molecule has 0 fully saturated rings. The van der Waals surface area contributed by atoms with E-state index in [0.29, 0.717) is 0 Å². The Hall–Kier alpha value is 1.53. The van der Waals surface area contributed by atoms with Crippen molar-refractivity contribution in [3.63, 3.8) is 0 Å². The van der Waals surface area contributed by atoms with Crippen molar-refractivity contribution in [2.75, 3.05) is 0 Å². The summed E-state index contributed by atoms with van der Waals surface area (Å²) in [5.41, 5.74) is 0. The maximum Gasteiger partial charge on any atom is 1.00 e. The van der Waals surface area contributed by atoms with Crippen LogP contribution in [0.3, 0.4) is 0 Å². The zero-order valence-electron chi connectivity index (χ0n) is 3.65. The molecule has 1 nitrogen and oxygen atoms in total. The molecule has 0 aromatic carbocycles. The van der Waals surface area contributed by atoms with Crippen LogP contribution >= 0.6 is 0 Å². The third kappa shape index (κ3) is 29.5. The van der Waals surface area contributed by atoms with Crippen LogP contribution in [-0.4, -0.2) is 0 Å². The van der Waals surface area contributed by atoms with E-state index in [9.17, 15) is 0 Å². The number of hydrogen-bond acceptors (Lipinski definition) is 1. The quantitative estimate of drug-likeness (QED) is 0.279. The molecule has 5 heavy (non-hydrogen) atoms. The van der Waals surface area contributed by atoms with Crippen LogP contribution < -0.4 is 29.6 Å². The molecular formula is CHFe2NNa-. The van der Waals surface area contributed by atoms with Crippen molar-refractivity contribution in [2.24, 2.45) is 0 Å². The Kier molecular flexibility index (Phi) is 303. The Bertz CT molecular complexity index is 18.3. The van der Waals surface area contributed by atoms with Crippen LogP contribution in [0.2, 0.25) is 0 Å². The van der Waals surface area contributed by atoms with Crippen LogP contribution in [0.4, 0.5) is 0 Å². The molecule has 0 aromatic rings. The summed E-state index contributed by atoms with van der Waals surface area (Å²) in [7, 11) is 0. The first-order chi connectivity index (χ1) is 1.00. The van der Waals surface area contributed by atoms with Gasteiger partial charge >= 0.3 is 29.6 Å². The van der Waals surface area contributed by atoms with Crippen molar-refractivity contribution in [1.82, 2.24) is 0 Å². The van der Waals surface area contributed by atoms with Gasteiger partial charge in [0, 0.05) is 34.1 Å². The molecule has 0 aliphatic carbocycles. The second-order valence-corrected chi connectivity index (χ2v) is 0. The van der Waals surface area contributed by atoms with E-state index in [1.807, 2.05) is 0 Å². The third-order valence-corrected chi connectivity index (χ3v) is 0. The van der Waals surface area contributed by atoms with Crippen LogP contribution in [0.5, 0.6) is 0 Å². The summed E-state index contributed by atoms with van der Waals surface area (Å²) in [5.74, 6) is 0. The van der Waals surface area contributed by atoms with Gasteiger partial charge in [0.1, 0.15) is 0 Å². The zero-order valence-corrected chi connectivity index (χ0v) is 6.86. The fraction of sp³-hybridized carbons (Fsp3) is 0. The summed E-state index contributed by atoms with van der Waals surface area (Å²) in [6.45, 7) is 4.75. The molecular weight excluding hydrogens is 161 g/mol. The first-order valence-electron chi connectivity index (χ1n) is 0.224. The van der Waals surface area contributed by atoms with Crippen LogP contribution in [0.1, 0.15) is 1.43 Å². The Morgan fingerprint density at radius 3 is 1.20 bits per heavy atom. The second-order valence-electron chi connectivity index (χ2n) is 0. The molecule has 0 atom stereocenters. The van der Waals surface area contributed by atoms with Gasteiger partial charge in [-0.1, -0.05) is 0 Å². The Morgan fingerprint density at radius 2 is 1.20 bits per heavy atom. The molecule has 0 N–H and O–H groups in total. The van der Waals surface area contributed by atoms with Crippen molar-refractivity contribution in [3.05, 3.63) is 6.57 Å². The zero-order chi connectivity index (χ0) is 2.00. The van der Waals surface area contributed by atoms with Gasteiger partial charge < -0.3 is 13.3 Å². The Morgan fingerprint density at radius 1 is 1.20 bits per heavy atom. The number of rotatable bonds is 0. The first kappa shape index (κ1) is 31.2. The van der Waals surface area contributed by atoms with Crippen LogP contribution in [0.15, 0.2) is 0 Å².